The summed E-state index contributed by atoms with van der Waals surface area (Å²) in [5.41, 5.74) is 11.8. The lowest BCUT2D eigenvalue weighted by molar-refractivity contribution is 0.100. The summed E-state index contributed by atoms with van der Waals surface area (Å²) in [6.45, 7) is 2.00. The maximum atomic E-state index is 10.9. The molecule has 5 nitrogen and oxygen atoms in total. The Bertz CT molecular complexity index is 410. The maximum Gasteiger partial charge on any atom is 0.248 e. The van der Waals surface area contributed by atoms with Gasteiger partial charge >= 0.3 is 0 Å². The molecule has 17 heavy (non-hydrogen) atoms. The number of primary amides is 1. The minimum atomic E-state index is -0.605. The summed E-state index contributed by atoms with van der Waals surface area (Å²) >= 11 is 5.96. The summed E-state index contributed by atoms with van der Waals surface area (Å²) in [7, 11) is 0. The van der Waals surface area contributed by atoms with E-state index in [2.05, 4.69) is 5.32 Å². The van der Waals surface area contributed by atoms with Crippen LogP contribution in [0.1, 0.15) is 17.3 Å². The Morgan fingerprint density at radius 3 is 2.71 bits per heavy atom. The van der Waals surface area contributed by atoms with Crippen LogP contribution in [0.15, 0.2) is 18.2 Å². The van der Waals surface area contributed by atoms with E-state index in [0.717, 1.165) is 0 Å². The van der Waals surface area contributed by atoms with Crippen molar-refractivity contribution in [2.75, 3.05) is 11.9 Å². The number of amides is 1. The van der Waals surface area contributed by atoms with E-state index < -0.39 is 12.0 Å². The topological polar surface area (TPSA) is 101 Å². The molecule has 1 rings (SSSR count). The number of hydrogen-bond donors (Lipinski definition) is 4. The van der Waals surface area contributed by atoms with Crippen LogP contribution < -0.4 is 16.8 Å². The molecule has 2 unspecified atom stereocenters. The highest BCUT2D eigenvalue weighted by Crippen LogP contribution is 2.22. The number of aliphatic hydroxyl groups excluding tert-OH is 1. The number of anilines is 1. The molecular weight excluding hydrogens is 242 g/mol. The molecule has 0 aliphatic rings. The number of carbonyl (C=O) groups excluding carboxylic acids is 1. The normalized spacial score (nSPS) is 14.1. The minimum Gasteiger partial charge on any atom is -0.392 e. The predicted octanol–water partition coefficient (Wildman–Crippen LogP) is 0.559. The number of hydrogen-bond acceptors (Lipinski definition) is 4. The van der Waals surface area contributed by atoms with Crippen LogP contribution in [-0.4, -0.2) is 29.7 Å². The molecule has 6 N–H and O–H groups in total. The molecule has 94 valence electrons. The van der Waals surface area contributed by atoms with E-state index in [1.807, 2.05) is 0 Å². The molecule has 0 fully saturated rings. The standard InChI is InChI=1S/C11H16ClN3O2/c1-6(16)9(13)5-15-10-3-2-7(11(14)17)4-8(10)12/h2-4,6,9,15-16H,5,13H2,1H3,(H2,14,17). The van der Waals surface area contributed by atoms with Crippen LogP contribution in [0.4, 0.5) is 5.69 Å². The lowest BCUT2D eigenvalue weighted by Crippen LogP contribution is -2.38. The van der Waals surface area contributed by atoms with Crippen LogP contribution >= 0.6 is 11.6 Å². The number of nitrogens with two attached hydrogens (primary N) is 2. The molecule has 0 bridgehead atoms. The second kappa shape index (κ2) is 5.86. The summed E-state index contributed by atoms with van der Waals surface area (Å²) in [6, 6.07) is 4.32. The molecule has 1 amide bonds. The van der Waals surface area contributed by atoms with E-state index >= 15 is 0 Å². The molecule has 1 aromatic carbocycles. The monoisotopic (exact) mass is 257 g/mol. The van der Waals surface area contributed by atoms with Gasteiger partial charge < -0.3 is 21.9 Å². The average molecular weight is 258 g/mol. The first-order valence-electron chi connectivity index (χ1n) is 5.18. The van der Waals surface area contributed by atoms with Crippen molar-refractivity contribution in [3.63, 3.8) is 0 Å². The number of nitrogens with one attached hydrogen (secondary N) is 1. The Labute approximate surface area is 105 Å². The van der Waals surface area contributed by atoms with E-state index in [0.29, 0.717) is 22.8 Å². The van der Waals surface area contributed by atoms with Gasteiger partial charge in [0.25, 0.3) is 0 Å². The summed E-state index contributed by atoms with van der Waals surface area (Å²) in [5, 5.41) is 12.6. The molecule has 6 heteroatoms. The van der Waals surface area contributed by atoms with Gasteiger partial charge in [-0.1, -0.05) is 11.6 Å². The Morgan fingerprint density at radius 2 is 2.24 bits per heavy atom. The third-order valence-electron chi connectivity index (χ3n) is 2.40. The zero-order valence-corrected chi connectivity index (χ0v) is 10.2. The highest BCUT2D eigenvalue weighted by Gasteiger charge is 2.10. The van der Waals surface area contributed by atoms with Crippen molar-refractivity contribution < 1.29 is 9.90 Å². The first kappa shape index (κ1) is 13.8. The molecule has 0 saturated heterocycles. The van der Waals surface area contributed by atoms with Crippen molar-refractivity contribution in [3.05, 3.63) is 28.8 Å². The Hall–Kier alpha value is -1.30. The van der Waals surface area contributed by atoms with Gasteiger partial charge in [0.1, 0.15) is 0 Å². The van der Waals surface area contributed by atoms with Gasteiger partial charge in [0, 0.05) is 18.2 Å². The van der Waals surface area contributed by atoms with Crippen molar-refractivity contribution in [2.45, 2.75) is 19.1 Å². The fourth-order valence-corrected chi connectivity index (χ4v) is 1.46. The Morgan fingerprint density at radius 1 is 1.59 bits per heavy atom. The van der Waals surface area contributed by atoms with Gasteiger partial charge in [-0.05, 0) is 25.1 Å². The van der Waals surface area contributed by atoms with Gasteiger partial charge in [-0.2, -0.15) is 0 Å². The van der Waals surface area contributed by atoms with Crippen LogP contribution in [0.25, 0.3) is 0 Å². The number of aliphatic hydroxyl groups is 1. The lowest BCUT2D eigenvalue weighted by Gasteiger charge is -2.17. The molecule has 0 saturated carbocycles. The number of rotatable bonds is 5. The maximum absolute atomic E-state index is 10.9. The van der Waals surface area contributed by atoms with Crippen molar-refractivity contribution >= 4 is 23.2 Å². The van der Waals surface area contributed by atoms with E-state index in [4.69, 9.17) is 23.1 Å². The largest absolute Gasteiger partial charge is 0.392 e. The molecular formula is C11H16ClN3O2. The quantitative estimate of drug-likeness (QED) is 0.619. The SMILES string of the molecule is CC(O)C(N)CNc1ccc(C(N)=O)cc1Cl. The van der Waals surface area contributed by atoms with Crippen LogP contribution in [0.2, 0.25) is 5.02 Å². The summed E-state index contributed by atoms with van der Waals surface area (Å²) < 4.78 is 0. The Balaban J connectivity index is 2.70. The predicted molar refractivity (Wildman–Crippen MR) is 68.1 cm³/mol. The molecule has 2 atom stereocenters. The first-order chi connectivity index (χ1) is 7.91. The molecule has 1 aromatic rings. The highest BCUT2D eigenvalue weighted by molar-refractivity contribution is 6.33. The summed E-state index contributed by atoms with van der Waals surface area (Å²) in [4.78, 5) is 10.9. The molecule has 0 heterocycles. The van der Waals surface area contributed by atoms with E-state index in [-0.39, 0.29) is 6.04 Å². The molecule has 0 radical (unpaired) electrons. The molecule has 0 aliphatic carbocycles. The molecule has 0 aliphatic heterocycles. The van der Waals surface area contributed by atoms with Crippen molar-refractivity contribution in [2.24, 2.45) is 11.5 Å². The number of halogens is 1. The van der Waals surface area contributed by atoms with Gasteiger partial charge in [0.15, 0.2) is 0 Å². The van der Waals surface area contributed by atoms with E-state index in [1.165, 1.54) is 6.07 Å². The first-order valence-corrected chi connectivity index (χ1v) is 5.56. The lowest BCUT2D eigenvalue weighted by atomic mass is 10.1. The summed E-state index contributed by atoms with van der Waals surface area (Å²) in [6.07, 6.45) is -0.605. The fourth-order valence-electron chi connectivity index (χ4n) is 1.21. The van der Waals surface area contributed by atoms with Gasteiger partial charge in [0.05, 0.1) is 16.8 Å². The number of benzene rings is 1. The van der Waals surface area contributed by atoms with Crippen LogP contribution in [0, 0.1) is 0 Å². The third kappa shape index (κ3) is 3.89. The zero-order chi connectivity index (χ0) is 13.0. The van der Waals surface area contributed by atoms with Gasteiger partial charge in [-0.25, -0.2) is 0 Å². The summed E-state index contributed by atoms with van der Waals surface area (Å²) in [5.74, 6) is -0.529. The van der Waals surface area contributed by atoms with Crippen molar-refractivity contribution in [1.82, 2.24) is 0 Å². The van der Waals surface area contributed by atoms with Gasteiger partial charge in [-0.3, -0.25) is 4.79 Å². The van der Waals surface area contributed by atoms with Gasteiger partial charge in [0.2, 0.25) is 5.91 Å². The van der Waals surface area contributed by atoms with Gasteiger partial charge in [-0.15, -0.1) is 0 Å². The van der Waals surface area contributed by atoms with E-state index in [9.17, 15) is 9.90 Å². The van der Waals surface area contributed by atoms with Crippen LogP contribution in [-0.2, 0) is 0 Å². The molecule has 0 spiro atoms. The molecule has 0 aromatic heterocycles. The van der Waals surface area contributed by atoms with Crippen molar-refractivity contribution in [1.29, 1.82) is 0 Å². The van der Waals surface area contributed by atoms with E-state index in [1.54, 1.807) is 19.1 Å². The smallest absolute Gasteiger partial charge is 0.248 e. The highest BCUT2D eigenvalue weighted by atomic mass is 35.5. The fraction of sp³-hybridized carbons (Fsp3) is 0.364. The van der Waals surface area contributed by atoms with Crippen LogP contribution in [0.5, 0.6) is 0 Å². The Kier molecular flexibility index (Phi) is 4.74. The third-order valence-corrected chi connectivity index (χ3v) is 2.71. The van der Waals surface area contributed by atoms with Crippen LogP contribution in [0.3, 0.4) is 0 Å². The van der Waals surface area contributed by atoms with Crippen molar-refractivity contribution in [3.8, 4) is 0 Å². The zero-order valence-electron chi connectivity index (χ0n) is 9.48. The number of carbonyl (C=O) groups is 1. The average Bonchev–Trinajstić information content (AvgIpc) is 2.26. The second-order valence-electron chi connectivity index (χ2n) is 3.84. The minimum absolute atomic E-state index is 0.348. The second-order valence-corrected chi connectivity index (χ2v) is 4.25.